The number of nitrogens with one attached hydrogen (secondary N) is 1. The van der Waals surface area contributed by atoms with E-state index < -0.39 is 5.91 Å². The summed E-state index contributed by atoms with van der Waals surface area (Å²) in [6.45, 7) is 6.66. The van der Waals surface area contributed by atoms with Crippen molar-refractivity contribution in [3.8, 4) is 5.75 Å². The van der Waals surface area contributed by atoms with Crippen LogP contribution in [0.4, 0.5) is 5.69 Å². The number of carbonyl (C=O) groups is 1. The van der Waals surface area contributed by atoms with Gasteiger partial charge in [-0.2, -0.15) is 0 Å². The van der Waals surface area contributed by atoms with Crippen molar-refractivity contribution < 1.29 is 9.53 Å². The molecule has 116 valence electrons. The molecule has 5 heteroatoms. The third-order valence-electron chi connectivity index (χ3n) is 3.85. The molecule has 1 fully saturated rings. The number of likely N-dealkylation sites (tertiary alicyclic amines) is 1. The average molecular weight is 291 g/mol. The first-order chi connectivity index (χ1) is 10.0. The standard InChI is InChI=1S/C16H25N3O2/c1-12(2)19-8-6-13(7-9-19)18-14-4-3-5-15(10-14)21-11-16(17)20/h3-5,10,12-13,18H,6-9,11H2,1-2H3,(H2,17,20). The van der Waals surface area contributed by atoms with Gasteiger partial charge in [-0.3, -0.25) is 4.79 Å². The van der Waals surface area contributed by atoms with Gasteiger partial charge in [0.05, 0.1) is 0 Å². The lowest BCUT2D eigenvalue weighted by Gasteiger charge is -2.35. The Kier molecular flexibility index (Phi) is 5.44. The Labute approximate surface area is 126 Å². The third kappa shape index (κ3) is 4.93. The quantitative estimate of drug-likeness (QED) is 0.839. The Morgan fingerprint density at radius 3 is 2.76 bits per heavy atom. The number of hydrogen-bond acceptors (Lipinski definition) is 4. The molecule has 5 nitrogen and oxygen atoms in total. The minimum absolute atomic E-state index is 0.0871. The molecule has 2 rings (SSSR count). The second-order valence-corrected chi connectivity index (χ2v) is 5.83. The van der Waals surface area contributed by atoms with E-state index in [1.807, 2.05) is 24.3 Å². The lowest BCUT2D eigenvalue weighted by Crippen LogP contribution is -2.42. The molecule has 0 spiro atoms. The van der Waals surface area contributed by atoms with Crippen LogP contribution in [0.1, 0.15) is 26.7 Å². The monoisotopic (exact) mass is 291 g/mol. The van der Waals surface area contributed by atoms with Gasteiger partial charge < -0.3 is 20.7 Å². The second-order valence-electron chi connectivity index (χ2n) is 5.83. The largest absolute Gasteiger partial charge is 0.484 e. The predicted molar refractivity (Wildman–Crippen MR) is 84.5 cm³/mol. The maximum absolute atomic E-state index is 10.7. The van der Waals surface area contributed by atoms with Gasteiger partial charge in [-0.05, 0) is 38.8 Å². The molecule has 0 aliphatic carbocycles. The van der Waals surface area contributed by atoms with Gasteiger partial charge in [-0.15, -0.1) is 0 Å². The Bertz CT molecular complexity index is 468. The fourth-order valence-corrected chi connectivity index (χ4v) is 2.63. The molecular formula is C16H25N3O2. The zero-order chi connectivity index (χ0) is 15.2. The highest BCUT2D eigenvalue weighted by Gasteiger charge is 2.20. The first kappa shape index (κ1) is 15.6. The van der Waals surface area contributed by atoms with E-state index in [2.05, 4.69) is 24.1 Å². The molecule has 1 amide bonds. The molecule has 0 saturated carbocycles. The number of ether oxygens (including phenoxy) is 1. The number of benzene rings is 1. The molecule has 0 radical (unpaired) electrons. The molecular weight excluding hydrogens is 266 g/mol. The molecule has 0 atom stereocenters. The highest BCUT2D eigenvalue weighted by molar-refractivity contribution is 5.75. The number of carbonyl (C=O) groups excluding carboxylic acids is 1. The number of rotatable bonds is 6. The van der Waals surface area contributed by atoms with E-state index in [0.717, 1.165) is 31.6 Å². The highest BCUT2D eigenvalue weighted by Crippen LogP contribution is 2.21. The number of piperidine rings is 1. The molecule has 1 aliphatic rings. The molecule has 1 heterocycles. The SMILES string of the molecule is CC(C)N1CCC(Nc2cccc(OCC(N)=O)c2)CC1. The number of nitrogens with zero attached hydrogens (tertiary/aromatic N) is 1. The van der Waals surface area contributed by atoms with Gasteiger partial charge in [-0.25, -0.2) is 0 Å². The van der Waals surface area contributed by atoms with Crippen LogP contribution in [0.25, 0.3) is 0 Å². The number of amides is 1. The summed E-state index contributed by atoms with van der Waals surface area (Å²) in [4.78, 5) is 13.2. The van der Waals surface area contributed by atoms with Crippen LogP contribution in [0, 0.1) is 0 Å². The van der Waals surface area contributed by atoms with Gasteiger partial charge in [0.1, 0.15) is 5.75 Å². The molecule has 0 aromatic heterocycles. The minimum Gasteiger partial charge on any atom is -0.484 e. The maximum atomic E-state index is 10.7. The van der Waals surface area contributed by atoms with Crippen LogP contribution in [-0.4, -0.2) is 42.6 Å². The van der Waals surface area contributed by atoms with Gasteiger partial charge in [0.25, 0.3) is 5.91 Å². The van der Waals surface area contributed by atoms with Crippen molar-refractivity contribution >= 4 is 11.6 Å². The van der Waals surface area contributed by atoms with Gasteiger partial charge in [0, 0.05) is 36.9 Å². The number of nitrogens with two attached hydrogens (primary N) is 1. The van der Waals surface area contributed by atoms with E-state index in [4.69, 9.17) is 10.5 Å². The first-order valence-corrected chi connectivity index (χ1v) is 7.56. The van der Waals surface area contributed by atoms with Gasteiger partial charge >= 0.3 is 0 Å². The Hall–Kier alpha value is -1.75. The number of primary amides is 1. The third-order valence-corrected chi connectivity index (χ3v) is 3.85. The van der Waals surface area contributed by atoms with Crippen molar-refractivity contribution in [2.24, 2.45) is 5.73 Å². The normalized spacial score (nSPS) is 16.9. The Morgan fingerprint density at radius 1 is 1.43 bits per heavy atom. The van der Waals surface area contributed by atoms with Crippen molar-refractivity contribution in [1.82, 2.24) is 4.90 Å². The van der Waals surface area contributed by atoms with Crippen LogP contribution in [0.2, 0.25) is 0 Å². The van der Waals surface area contributed by atoms with Crippen LogP contribution in [0.3, 0.4) is 0 Å². The molecule has 3 N–H and O–H groups in total. The zero-order valence-electron chi connectivity index (χ0n) is 12.8. The van der Waals surface area contributed by atoms with Crippen molar-refractivity contribution in [1.29, 1.82) is 0 Å². The lowest BCUT2D eigenvalue weighted by molar-refractivity contribution is -0.119. The molecule has 1 aromatic rings. The first-order valence-electron chi connectivity index (χ1n) is 7.56. The second kappa shape index (κ2) is 7.31. The summed E-state index contributed by atoms with van der Waals surface area (Å²) in [6, 6.07) is 8.80. The number of hydrogen-bond donors (Lipinski definition) is 2. The predicted octanol–water partition coefficient (Wildman–Crippen LogP) is 1.84. The minimum atomic E-state index is -0.464. The molecule has 0 bridgehead atoms. The van der Waals surface area contributed by atoms with E-state index in [-0.39, 0.29) is 6.61 Å². The van der Waals surface area contributed by atoms with E-state index >= 15 is 0 Å². The molecule has 1 aliphatic heterocycles. The van der Waals surface area contributed by atoms with Gasteiger partial charge in [0.15, 0.2) is 6.61 Å². The van der Waals surface area contributed by atoms with Gasteiger partial charge in [-0.1, -0.05) is 6.07 Å². The molecule has 1 saturated heterocycles. The molecule has 1 aromatic carbocycles. The molecule has 21 heavy (non-hydrogen) atoms. The van der Waals surface area contributed by atoms with Crippen LogP contribution in [0.15, 0.2) is 24.3 Å². The van der Waals surface area contributed by atoms with E-state index in [1.165, 1.54) is 0 Å². The van der Waals surface area contributed by atoms with Gasteiger partial charge in [0.2, 0.25) is 0 Å². The average Bonchev–Trinajstić information content (AvgIpc) is 2.46. The Morgan fingerprint density at radius 2 is 2.14 bits per heavy atom. The summed E-state index contributed by atoms with van der Waals surface area (Å²) in [7, 11) is 0. The summed E-state index contributed by atoms with van der Waals surface area (Å²) in [6.07, 6.45) is 2.29. The maximum Gasteiger partial charge on any atom is 0.255 e. The smallest absolute Gasteiger partial charge is 0.255 e. The highest BCUT2D eigenvalue weighted by atomic mass is 16.5. The summed E-state index contributed by atoms with van der Waals surface area (Å²) in [5.74, 6) is 0.202. The van der Waals surface area contributed by atoms with E-state index in [1.54, 1.807) is 0 Å². The summed E-state index contributed by atoms with van der Waals surface area (Å²) in [5, 5.41) is 3.55. The summed E-state index contributed by atoms with van der Waals surface area (Å²) >= 11 is 0. The number of anilines is 1. The van der Waals surface area contributed by atoms with Crippen LogP contribution < -0.4 is 15.8 Å². The fourth-order valence-electron chi connectivity index (χ4n) is 2.63. The van der Waals surface area contributed by atoms with E-state index in [9.17, 15) is 4.79 Å². The fraction of sp³-hybridized carbons (Fsp3) is 0.562. The van der Waals surface area contributed by atoms with Crippen molar-refractivity contribution in [2.45, 2.75) is 38.8 Å². The van der Waals surface area contributed by atoms with Crippen LogP contribution in [0.5, 0.6) is 5.75 Å². The van der Waals surface area contributed by atoms with Crippen LogP contribution >= 0.6 is 0 Å². The lowest BCUT2D eigenvalue weighted by atomic mass is 10.0. The summed E-state index contributed by atoms with van der Waals surface area (Å²) < 4.78 is 5.32. The van der Waals surface area contributed by atoms with Crippen LogP contribution in [-0.2, 0) is 4.79 Å². The molecule has 0 unspecified atom stereocenters. The van der Waals surface area contributed by atoms with Crippen molar-refractivity contribution in [2.75, 3.05) is 25.0 Å². The van der Waals surface area contributed by atoms with E-state index in [0.29, 0.717) is 17.8 Å². The summed E-state index contributed by atoms with van der Waals surface area (Å²) in [5.41, 5.74) is 6.11. The zero-order valence-corrected chi connectivity index (χ0v) is 12.8. The Balaban J connectivity index is 1.86. The van der Waals surface area contributed by atoms with Crippen molar-refractivity contribution in [3.63, 3.8) is 0 Å². The van der Waals surface area contributed by atoms with Crippen molar-refractivity contribution in [3.05, 3.63) is 24.3 Å². The topological polar surface area (TPSA) is 67.6 Å².